The molecule has 2 rings (SSSR count). The lowest BCUT2D eigenvalue weighted by atomic mass is 10.0. The quantitative estimate of drug-likeness (QED) is 0.348. The number of nitrogens with zero attached hydrogens (tertiary/aromatic N) is 3. The second-order valence-electron chi connectivity index (χ2n) is 7.72. The van der Waals surface area contributed by atoms with Crippen LogP contribution < -0.4 is 5.32 Å². The van der Waals surface area contributed by atoms with Crippen LogP contribution in [0.1, 0.15) is 43.5 Å². The zero-order chi connectivity index (χ0) is 21.4. The molecule has 2 aromatic rings. The van der Waals surface area contributed by atoms with Crippen molar-refractivity contribution >= 4 is 6.21 Å². The minimum atomic E-state index is 0.142. The third-order valence-electron chi connectivity index (χ3n) is 5.35. The summed E-state index contributed by atoms with van der Waals surface area (Å²) in [5.41, 5.74) is 3.33. The molecule has 5 heteroatoms. The Bertz CT molecular complexity index is 716. The predicted octanol–water partition coefficient (Wildman–Crippen LogP) is 3.56. The Labute approximate surface area is 182 Å². The SMILES string of the molecule is CCN(CC)CCCCNCc1cc(/C=N/CC(CO)Cc2ccccc2)ccn1. The molecule has 0 spiro atoms. The van der Waals surface area contributed by atoms with Crippen LogP contribution >= 0.6 is 0 Å². The van der Waals surface area contributed by atoms with E-state index >= 15 is 0 Å². The smallest absolute Gasteiger partial charge is 0.0548 e. The number of hydrogen-bond donors (Lipinski definition) is 2. The van der Waals surface area contributed by atoms with Gasteiger partial charge in [-0.25, -0.2) is 0 Å². The van der Waals surface area contributed by atoms with E-state index in [-0.39, 0.29) is 12.5 Å². The molecule has 1 unspecified atom stereocenters. The van der Waals surface area contributed by atoms with E-state index in [0.29, 0.717) is 6.54 Å². The summed E-state index contributed by atoms with van der Waals surface area (Å²) in [5, 5.41) is 13.1. The van der Waals surface area contributed by atoms with Crippen molar-refractivity contribution in [2.75, 3.05) is 39.3 Å². The second kappa shape index (κ2) is 14.8. The summed E-state index contributed by atoms with van der Waals surface area (Å²) in [4.78, 5) is 11.5. The number of aliphatic hydroxyl groups is 1. The van der Waals surface area contributed by atoms with Gasteiger partial charge in [0.1, 0.15) is 0 Å². The van der Waals surface area contributed by atoms with Gasteiger partial charge in [0.05, 0.1) is 5.69 Å². The fraction of sp³-hybridized carbons (Fsp3) is 0.520. The molecular formula is C25H38N4O. The van der Waals surface area contributed by atoms with E-state index < -0.39 is 0 Å². The first-order valence-electron chi connectivity index (χ1n) is 11.3. The van der Waals surface area contributed by atoms with Crippen molar-refractivity contribution in [2.24, 2.45) is 10.9 Å². The number of pyridine rings is 1. The molecule has 1 atom stereocenters. The van der Waals surface area contributed by atoms with Crippen LogP contribution in [-0.2, 0) is 13.0 Å². The molecule has 164 valence electrons. The predicted molar refractivity (Wildman–Crippen MR) is 126 cm³/mol. The van der Waals surface area contributed by atoms with Gasteiger partial charge in [0.2, 0.25) is 0 Å². The fourth-order valence-electron chi connectivity index (χ4n) is 3.46. The van der Waals surface area contributed by atoms with Crippen molar-refractivity contribution in [1.29, 1.82) is 0 Å². The first-order valence-corrected chi connectivity index (χ1v) is 11.3. The highest BCUT2D eigenvalue weighted by molar-refractivity contribution is 5.79. The normalized spacial score (nSPS) is 12.7. The Morgan fingerprint density at radius 3 is 2.67 bits per heavy atom. The van der Waals surface area contributed by atoms with Crippen LogP contribution in [0, 0.1) is 5.92 Å². The number of unbranched alkanes of at least 4 members (excludes halogenated alkanes) is 1. The average molecular weight is 411 g/mol. The van der Waals surface area contributed by atoms with Gasteiger partial charge in [-0.2, -0.15) is 0 Å². The topological polar surface area (TPSA) is 60.8 Å². The number of rotatable bonds is 15. The van der Waals surface area contributed by atoms with Gasteiger partial charge in [0.15, 0.2) is 0 Å². The van der Waals surface area contributed by atoms with Crippen LogP contribution in [0.2, 0.25) is 0 Å². The van der Waals surface area contributed by atoms with Gasteiger partial charge >= 0.3 is 0 Å². The van der Waals surface area contributed by atoms with E-state index in [2.05, 4.69) is 52.2 Å². The maximum Gasteiger partial charge on any atom is 0.0548 e. The molecule has 1 aromatic carbocycles. The molecule has 0 saturated carbocycles. The molecule has 0 radical (unpaired) electrons. The largest absolute Gasteiger partial charge is 0.396 e. The summed E-state index contributed by atoms with van der Waals surface area (Å²) in [6, 6.07) is 14.3. The summed E-state index contributed by atoms with van der Waals surface area (Å²) >= 11 is 0. The molecule has 30 heavy (non-hydrogen) atoms. The van der Waals surface area contributed by atoms with Gasteiger partial charge in [-0.05, 0) is 68.7 Å². The molecule has 0 fully saturated rings. The molecule has 0 aliphatic carbocycles. The highest BCUT2D eigenvalue weighted by Crippen LogP contribution is 2.09. The summed E-state index contributed by atoms with van der Waals surface area (Å²) in [6.45, 7) is 10.4. The molecule has 0 aliphatic heterocycles. The molecule has 0 saturated heterocycles. The molecule has 0 aliphatic rings. The van der Waals surface area contributed by atoms with Gasteiger partial charge in [-0.1, -0.05) is 44.2 Å². The number of aromatic nitrogens is 1. The molecule has 2 N–H and O–H groups in total. The summed E-state index contributed by atoms with van der Waals surface area (Å²) < 4.78 is 0. The van der Waals surface area contributed by atoms with Crippen LogP contribution in [0.3, 0.4) is 0 Å². The molecule has 1 aromatic heterocycles. The van der Waals surface area contributed by atoms with Gasteiger partial charge < -0.3 is 15.3 Å². The lowest BCUT2D eigenvalue weighted by molar-refractivity contribution is 0.230. The van der Waals surface area contributed by atoms with Crippen molar-refractivity contribution in [2.45, 2.75) is 39.7 Å². The van der Waals surface area contributed by atoms with Gasteiger partial charge in [0, 0.05) is 38.0 Å². The Kier molecular flexibility index (Phi) is 12.0. The van der Waals surface area contributed by atoms with E-state index in [1.807, 2.05) is 36.7 Å². The third kappa shape index (κ3) is 9.61. The van der Waals surface area contributed by atoms with E-state index in [9.17, 15) is 5.11 Å². The number of aliphatic imine (C=N–C) groups is 1. The van der Waals surface area contributed by atoms with Crippen molar-refractivity contribution < 1.29 is 5.11 Å². The second-order valence-corrected chi connectivity index (χ2v) is 7.72. The Hall–Kier alpha value is -2.08. The summed E-state index contributed by atoms with van der Waals surface area (Å²) in [5.74, 6) is 0.142. The maximum absolute atomic E-state index is 9.65. The van der Waals surface area contributed by atoms with E-state index in [1.165, 1.54) is 24.9 Å². The molecule has 5 nitrogen and oxygen atoms in total. The lowest BCUT2D eigenvalue weighted by Crippen LogP contribution is -2.25. The van der Waals surface area contributed by atoms with E-state index in [1.54, 1.807) is 0 Å². The van der Waals surface area contributed by atoms with Crippen LogP contribution in [0.15, 0.2) is 53.7 Å². The summed E-state index contributed by atoms with van der Waals surface area (Å²) in [6.07, 6.45) is 6.98. The highest BCUT2D eigenvalue weighted by atomic mass is 16.3. The first-order chi connectivity index (χ1) is 14.7. The first kappa shape index (κ1) is 24.2. The van der Waals surface area contributed by atoms with Gasteiger partial charge in [-0.3, -0.25) is 9.98 Å². The maximum atomic E-state index is 9.65. The van der Waals surface area contributed by atoms with Crippen molar-refractivity contribution in [3.63, 3.8) is 0 Å². The fourth-order valence-corrected chi connectivity index (χ4v) is 3.46. The monoisotopic (exact) mass is 410 g/mol. The van der Waals surface area contributed by atoms with Crippen LogP contribution in [0.4, 0.5) is 0 Å². The number of nitrogens with one attached hydrogen (secondary N) is 1. The molecular weight excluding hydrogens is 372 g/mol. The standard InChI is InChI=1S/C25H38N4O/c1-3-29(4-2)15-9-8-13-26-20-25-17-23(12-14-28-25)18-27-19-24(21-30)16-22-10-6-5-7-11-22/h5-7,10-12,14,17-18,24,26,30H,3-4,8-9,13,15-16,19-21H2,1-2H3/b27-18+. The Morgan fingerprint density at radius 1 is 1.13 bits per heavy atom. The van der Waals surface area contributed by atoms with Crippen molar-refractivity contribution in [1.82, 2.24) is 15.2 Å². The highest BCUT2D eigenvalue weighted by Gasteiger charge is 2.07. The Morgan fingerprint density at radius 2 is 1.93 bits per heavy atom. The zero-order valence-corrected chi connectivity index (χ0v) is 18.6. The molecule has 0 amide bonds. The van der Waals surface area contributed by atoms with Gasteiger partial charge in [0.25, 0.3) is 0 Å². The Balaban J connectivity index is 1.71. The van der Waals surface area contributed by atoms with Crippen molar-refractivity contribution in [3.05, 3.63) is 65.5 Å². The number of aliphatic hydroxyl groups excluding tert-OH is 1. The van der Waals surface area contributed by atoms with Crippen molar-refractivity contribution in [3.8, 4) is 0 Å². The number of hydrogen-bond acceptors (Lipinski definition) is 5. The molecule has 1 heterocycles. The summed E-state index contributed by atoms with van der Waals surface area (Å²) in [7, 11) is 0. The average Bonchev–Trinajstić information content (AvgIpc) is 2.79. The molecule has 0 bridgehead atoms. The minimum absolute atomic E-state index is 0.142. The van der Waals surface area contributed by atoms with E-state index in [4.69, 9.17) is 0 Å². The zero-order valence-electron chi connectivity index (χ0n) is 18.6. The van der Waals surface area contributed by atoms with E-state index in [0.717, 1.165) is 43.9 Å². The lowest BCUT2D eigenvalue weighted by Gasteiger charge is -2.17. The van der Waals surface area contributed by atoms with Crippen LogP contribution in [0.5, 0.6) is 0 Å². The van der Waals surface area contributed by atoms with Crippen LogP contribution in [0.25, 0.3) is 0 Å². The third-order valence-corrected chi connectivity index (χ3v) is 5.35. The van der Waals surface area contributed by atoms with Crippen LogP contribution in [-0.4, -0.2) is 60.5 Å². The van der Waals surface area contributed by atoms with Gasteiger partial charge in [-0.15, -0.1) is 0 Å². The minimum Gasteiger partial charge on any atom is -0.396 e. The number of benzene rings is 1.